The van der Waals surface area contributed by atoms with Crippen molar-refractivity contribution in [1.29, 1.82) is 0 Å². The minimum absolute atomic E-state index is 0.433. The summed E-state index contributed by atoms with van der Waals surface area (Å²) in [6, 6.07) is 0. The first-order valence-electron chi connectivity index (χ1n) is 4.30. The minimum atomic E-state index is -3.85. The van der Waals surface area contributed by atoms with E-state index < -0.39 is 32.2 Å². The molecule has 7 heteroatoms. The summed E-state index contributed by atoms with van der Waals surface area (Å²) in [4.78, 5) is 22.4. The summed E-state index contributed by atoms with van der Waals surface area (Å²) >= 11 is 0. The maximum Gasteiger partial charge on any atom is 0.330 e. The van der Waals surface area contributed by atoms with Crippen molar-refractivity contribution in [2.45, 2.75) is 38.0 Å². The van der Waals surface area contributed by atoms with Crippen LogP contribution in [0.15, 0.2) is 0 Å². The molecule has 0 saturated carbocycles. The quantitative estimate of drug-likeness (QED) is 0.715. The largest absolute Gasteiger partial charge is 0.479 e. The van der Waals surface area contributed by atoms with Gasteiger partial charge in [0.1, 0.15) is 5.54 Å². The van der Waals surface area contributed by atoms with Crippen molar-refractivity contribution in [2.75, 3.05) is 0 Å². The molecule has 1 fully saturated rings. The van der Waals surface area contributed by atoms with Gasteiger partial charge in [0.15, 0.2) is 4.75 Å². The molecule has 1 N–H and O–H groups in total. The molecule has 1 rings (SSSR count). The molecule has 86 valence electrons. The van der Waals surface area contributed by atoms with Crippen molar-refractivity contribution in [3.8, 4) is 0 Å². The summed E-state index contributed by atoms with van der Waals surface area (Å²) in [5, 5.41) is 8.84. The molecule has 1 saturated heterocycles. The smallest absolute Gasteiger partial charge is 0.330 e. The Hall–Kier alpha value is -1.11. The van der Waals surface area contributed by atoms with Gasteiger partial charge in [-0.1, -0.05) is 0 Å². The van der Waals surface area contributed by atoms with Crippen LogP contribution in [-0.2, 0) is 19.6 Å². The average molecular weight is 235 g/mol. The predicted octanol–water partition coefficient (Wildman–Crippen LogP) is -0.200. The molecule has 0 radical (unpaired) electrons. The average Bonchev–Trinajstić information content (AvgIpc) is 2.02. The molecule has 1 heterocycles. The van der Waals surface area contributed by atoms with Gasteiger partial charge in [-0.3, -0.25) is 4.79 Å². The van der Waals surface area contributed by atoms with Gasteiger partial charge in [-0.25, -0.2) is 17.5 Å². The first kappa shape index (κ1) is 12.0. The second-order valence-corrected chi connectivity index (χ2v) is 6.78. The number of amides is 1. The number of carbonyl (C=O) groups excluding carboxylic acids is 1. The van der Waals surface area contributed by atoms with Crippen LogP contribution in [0, 0.1) is 0 Å². The normalized spacial score (nSPS) is 23.5. The van der Waals surface area contributed by atoms with Gasteiger partial charge in [0, 0.05) is 0 Å². The second-order valence-electron chi connectivity index (χ2n) is 4.45. The van der Waals surface area contributed by atoms with Gasteiger partial charge in [0.25, 0.3) is 15.9 Å². The number of hydrogen-bond acceptors (Lipinski definition) is 4. The fourth-order valence-electron chi connectivity index (χ4n) is 1.29. The monoisotopic (exact) mass is 235 g/mol. The summed E-state index contributed by atoms with van der Waals surface area (Å²) in [7, 11) is -3.85. The molecule has 0 spiro atoms. The molecule has 0 aromatic heterocycles. The number of carbonyl (C=O) groups is 2. The van der Waals surface area contributed by atoms with E-state index in [4.69, 9.17) is 5.11 Å². The summed E-state index contributed by atoms with van der Waals surface area (Å²) in [6.45, 7) is 4.89. The molecule has 1 aliphatic heterocycles. The number of carboxylic acids is 1. The Kier molecular flexibility index (Phi) is 2.17. The highest BCUT2D eigenvalue weighted by Crippen LogP contribution is 2.40. The standard InChI is InChI=1S/C8H13NO5S/c1-7(2,6(11)12)9-5(10)8(3,4)15(9,13)14/h1-4H3,(H,11,12). The van der Waals surface area contributed by atoms with Crippen molar-refractivity contribution < 1.29 is 23.1 Å². The van der Waals surface area contributed by atoms with Gasteiger partial charge in [-0.2, -0.15) is 0 Å². The topological polar surface area (TPSA) is 91.8 Å². The Balaban J connectivity index is 3.25. The Bertz CT molecular complexity index is 434. The van der Waals surface area contributed by atoms with Crippen molar-refractivity contribution in [1.82, 2.24) is 4.31 Å². The molecule has 0 bridgehead atoms. The molecule has 0 aromatic rings. The van der Waals surface area contributed by atoms with Crippen molar-refractivity contribution in [2.24, 2.45) is 0 Å². The molecular weight excluding hydrogens is 222 g/mol. The van der Waals surface area contributed by atoms with Gasteiger partial charge in [-0.15, -0.1) is 0 Å². The van der Waals surface area contributed by atoms with Gasteiger partial charge in [-0.05, 0) is 27.7 Å². The van der Waals surface area contributed by atoms with E-state index in [1.165, 1.54) is 27.7 Å². The molecule has 15 heavy (non-hydrogen) atoms. The summed E-state index contributed by atoms with van der Waals surface area (Å²) in [5.74, 6) is -2.04. The van der Waals surface area contributed by atoms with E-state index in [9.17, 15) is 18.0 Å². The van der Waals surface area contributed by atoms with Crippen molar-refractivity contribution in [3.63, 3.8) is 0 Å². The van der Waals surface area contributed by atoms with Crippen LogP contribution in [0.4, 0.5) is 0 Å². The zero-order chi connectivity index (χ0) is 12.2. The van der Waals surface area contributed by atoms with Crippen LogP contribution in [0.25, 0.3) is 0 Å². The fraction of sp³-hybridized carbons (Fsp3) is 0.750. The second kappa shape index (κ2) is 2.72. The highest BCUT2D eigenvalue weighted by molar-refractivity contribution is 7.94. The zero-order valence-electron chi connectivity index (χ0n) is 8.94. The van der Waals surface area contributed by atoms with E-state index in [0.717, 1.165) is 0 Å². The van der Waals surface area contributed by atoms with Crippen LogP contribution >= 0.6 is 0 Å². The first-order valence-corrected chi connectivity index (χ1v) is 5.74. The Morgan fingerprint density at radius 2 is 1.80 bits per heavy atom. The van der Waals surface area contributed by atoms with E-state index in [1.807, 2.05) is 0 Å². The molecule has 1 aliphatic rings. The maximum absolute atomic E-state index is 11.7. The van der Waals surface area contributed by atoms with Crippen LogP contribution in [0.1, 0.15) is 27.7 Å². The third kappa shape index (κ3) is 1.19. The number of carboxylic acid groups (broad SMARTS) is 1. The van der Waals surface area contributed by atoms with E-state index in [1.54, 1.807) is 0 Å². The fourth-order valence-corrected chi connectivity index (χ4v) is 3.06. The Morgan fingerprint density at radius 1 is 1.40 bits per heavy atom. The lowest BCUT2D eigenvalue weighted by molar-refractivity contribution is -0.154. The van der Waals surface area contributed by atoms with Crippen molar-refractivity contribution in [3.05, 3.63) is 0 Å². The number of hydrogen-bond donors (Lipinski definition) is 1. The van der Waals surface area contributed by atoms with E-state index in [0.29, 0.717) is 4.31 Å². The lowest BCUT2D eigenvalue weighted by Crippen LogP contribution is -2.74. The van der Waals surface area contributed by atoms with Gasteiger partial charge >= 0.3 is 5.97 Å². The molecule has 0 atom stereocenters. The number of rotatable bonds is 2. The van der Waals surface area contributed by atoms with Crippen LogP contribution in [0.3, 0.4) is 0 Å². The number of sulfonamides is 1. The lowest BCUT2D eigenvalue weighted by atomic mass is 10.0. The summed E-state index contributed by atoms with van der Waals surface area (Å²) < 4.78 is 22.3. The van der Waals surface area contributed by atoms with Gasteiger partial charge < -0.3 is 5.11 Å². The molecule has 0 unspecified atom stereocenters. The van der Waals surface area contributed by atoms with Crippen LogP contribution in [0.2, 0.25) is 0 Å². The van der Waals surface area contributed by atoms with E-state index in [2.05, 4.69) is 0 Å². The molecule has 1 amide bonds. The molecule has 0 aliphatic carbocycles. The van der Waals surface area contributed by atoms with E-state index in [-0.39, 0.29) is 0 Å². The van der Waals surface area contributed by atoms with Crippen LogP contribution < -0.4 is 0 Å². The number of aliphatic carboxylic acids is 1. The number of nitrogens with zero attached hydrogens (tertiary/aromatic N) is 1. The zero-order valence-corrected chi connectivity index (χ0v) is 9.75. The van der Waals surface area contributed by atoms with Crippen molar-refractivity contribution >= 4 is 21.9 Å². The highest BCUT2D eigenvalue weighted by atomic mass is 32.2. The Morgan fingerprint density at radius 3 is 2.07 bits per heavy atom. The maximum atomic E-state index is 11.7. The molecule has 0 aromatic carbocycles. The van der Waals surface area contributed by atoms with E-state index >= 15 is 0 Å². The third-order valence-electron chi connectivity index (χ3n) is 2.62. The Labute approximate surface area is 87.9 Å². The van der Waals surface area contributed by atoms with Crippen LogP contribution in [0.5, 0.6) is 0 Å². The van der Waals surface area contributed by atoms with Gasteiger partial charge in [0.2, 0.25) is 0 Å². The minimum Gasteiger partial charge on any atom is -0.479 e. The molecular formula is C8H13NO5S. The van der Waals surface area contributed by atoms with Gasteiger partial charge in [0.05, 0.1) is 0 Å². The third-order valence-corrected chi connectivity index (χ3v) is 5.18. The summed E-state index contributed by atoms with van der Waals surface area (Å²) in [5.41, 5.74) is -1.73. The lowest BCUT2D eigenvalue weighted by Gasteiger charge is -2.48. The summed E-state index contributed by atoms with van der Waals surface area (Å²) in [6.07, 6.45) is 0. The predicted molar refractivity (Wildman–Crippen MR) is 51.6 cm³/mol. The van der Waals surface area contributed by atoms with Crippen LogP contribution in [-0.4, -0.2) is 40.0 Å². The molecule has 6 nitrogen and oxygen atoms in total. The highest BCUT2D eigenvalue weighted by Gasteiger charge is 2.66. The first-order chi connectivity index (χ1) is 6.47. The SMILES string of the molecule is CC(C)(C(=O)O)N1C(=O)C(C)(C)S1(=O)=O.